The summed E-state index contributed by atoms with van der Waals surface area (Å²) < 4.78 is 4.99. The number of hydrogen-bond acceptors (Lipinski definition) is 2. The second kappa shape index (κ2) is 4.87. The lowest BCUT2D eigenvalue weighted by atomic mass is 10.1. The Morgan fingerprint density at radius 1 is 1.35 bits per heavy atom. The molecule has 1 nitrogen and oxygen atoms in total. The van der Waals surface area contributed by atoms with Gasteiger partial charge in [-0.05, 0) is 19.9 Å². The molecule has 17 heavy (non-hydrogen) atoms. The van der Waals surface area contributed by atoms with Gasteiger partial charge in [0.2, 0.25) is 0 Å². The smallest absolute Gasteiger partial charge is 0.125 e. The summed E-state index contributed by atoms with van der Waals surface area (Å²) in [5, 5.41) is 0. The summed E-state index contributed by atoms with van der Waals surface area (Å²) in [7, 11) is 0. The highest BCUT2D eigenvalue weighted by atomic mass is 79.9. The van der Waals surface area contributed by atoms with Gasteiger partial charge in [0.15, 0.2) is 0 Å². The lowest BCUT2D eigenvalue weighted by molar-refractivity contribution is 0.336. The molecule has 0 radical (unpaired) electrons. The van der Waals surface area contributed by atoms with E-state index < -0.39 is 0 Å². The fourth-order valence-corrected chi connectivity index (χ4v) is 5.10. The molecule has 92 valence electrons. The number of hydrogen-bond donors (Lipinski definition) is 0. The van der Waals surface area contributed by atoms with E-state index >= 15 is 0 Å². The highest BCUT2D eigenvalue weighted by molar-refractivity contribution is 9.11. The second-order valence-corrected chi connectivity index (χ2v) is 8.48. The van der Waals surface area contributed by atoms with Crippen molar-refractivity contribution in [1.82, 2.24) is 0 Å². The van der Waals surface area contributed by atoms with Crippen molar-refractivity contribution in [3.05, 3.63) is 42.0 Å². The molecule has 2 atom stereocenters. The van der Waals surface area contributed by atoms with Crippen LogP contribution in [0.2, 0.25) is 0 Å². The molecule has 0 spiro atoms. The molecular formula is C13H14BrClOS. The maximum absolute atomic E-state index is 6.34. The zero-order chi connectivity index (χ0) is 12.5. The first kappa shape index (κ1) is 13.3. The van der Waals surface area contributed by atoms with E-state index in [1.807, 2.05) is 38.1 Å². The molecule has 2 rings (SSSR count). The minimum Gasteiger partial charge on any atom is -0.493 e. The first-order chi connectivity index (χ1) is 7.97. The van der Waals surface area contributed by atoms with Crippen molar-refractivity contribution in [2.75, 3.05) is 6.61 Å². The molecule has 4 heteroatoms. The van der Waals surface area contributed by atoms with Gasteiger partial charge in [-0.15, -0.1) is 23.4 Å². The van der Waals surface area contributed by atoms with Gasteiger partial charge in [-0.25, -0.2) is 0 Å². The average Bonchev–Trinajstić information content (AvgIpc) is 2.55. The molecule has 0 bridgehead atoms. The molecule has 0 saturated carbocycles. The highest BCUT2D eigenvalue weighted by Crippen LogP contribution is 2.58. The highest BCUT2D eigenvalue weighted by Gasteiger charge is 2.41. The minimum absolute atomic E-state index is 0.296. The normalized spacial score (nSPS) is 31.8. The standard InChI is InChI=1S/C13H14BrClOS/c1-3-16-11-7-5-4-6-10(11)13(14)9-8-12(2,15)17-13/h4-9H,3H2,1-2H3. The molecule has 2 unspecified atom stereocenters. The molecule has 0 fully saturated rings. The van der Waals surface area contributed by atoms with Crippen molar-refractivity contribution >= 4 is 39.3 Å². The van der Waals surface area contributed by atoms with Crippen LogP contribution in [0.1, 0.15) is 19.4 Å². The number of rotatable bonds is 3. The summed E-state index contributed by atoms with van der Waals surface area (Å²) in [6.45, 7) is 4.63. The first-order valence-corrected chi connectivity index (χ1v) is 7.46. The Morgan fingerprint density at radius 3 is 2.65 bits per heavy atom. The maximum Gasteiger partial charge on any atom is 0.125 e. The number of thioether (sulfide) groups is 1. The molecule has 1 heterocycles. The predicted molar refractivity (Wildman–Crippen MR) is 79.2 cm³/mol. The van der Waals surface area contributed by atoms with Gasteiger partial charge in [-0.2, -0.15) is 0 Å². The molecule has 0 N–H and O–H groups in total. The van der Waals surface area contributed by atoms with E-state index in [1.165, 1.54) is 0 Å². The Hall–Kier alpha value is -0.120. The average molecular weight is 334 g/mol. The van der Waals surface area contributed by atoms with Crippen LogP contribution in [0.3, 0.4) is 0 Å². The minimum atomic E-state index is -0.372. The first-order valence-electron chi connectivity index (χ1n) is 5.47. The Bertz CT molecular complexity index is 447. The monoisotopic (exact) mass is 332 g/mol. The second-order valence-electron chi connectivity index (χ2n) is 4.00. The van der Waals surface area contributed by atoms with E-state index in [4.69, 9.17) is 16.3 Å². The molecular weight excluding hydrogens is 320 g/mol. The third kappa shape index (κ3) is 2.83. The Balaban J connectivity index is 2.38. The summed E-state index contributed by atoms with van der Waals surface area (Å²) in [4.78, 5) is 0. The van der Waals surface area contributed by atoms with E-state index in [-0.39, 0.29) is 7.86 Å². The number of ether oxygens (including phenoxy) is 1. The van der Waals surface area contributed by atoms with E-state index in [1.54, 1.807) is 11.8 Å². The van der Waals surface area contributed by atoms with Crippen molar-refractivity contribution in [3.63, 3.8) is 0 Å². The SMILES string of the molecule is CCOc1ccccc1C1(Br)C=CC(C)(Cl)S1. The van der Waals surface area contributed by atoms with Crippen LogP contribution in [0.5, 0.6) is 5.75 Å². The van der Waals surface area contributed by atoms with E-state index in [0.29, 0.717) is 6.61 Å². The van der Waals surface area contributed by atoms with Gasteiger partial charge >= 0.3 is 0 Å². The van der Waals surface area contributed by atoms with Crippen molar-refractivity contribution in [1.29, 1.82) is 0 Å². The Labute approximate surface area is 120 Å². The number of halogens is 2. The van der Waals surface area contributed by atoms with E-state index in [2.05, 4.69) is 28.1 Å². The predicted octanol–water partition coefficient (Wildman–Crippen LogP) is 4.89. The van der Waals surface area contributed by atoms with Crippen molar-refractivity contribution in [3.8, 4) is 5.75 Å². The third-order valence-electron chi connectivity index (χ3n) is 2.50. The molecule has 0 aromatic heterocycles. The van der Waals surface area contributed by atoms with Crippen LogP contribution in [0, 0.1) is 0 Å². The lowest BCUT2D eigenvalue weighted by Crippen LogP contribution is -2.13. The van der Waals surface area contributed by atoms with Crippen LogP contribution in [-0.2, 0) is 3.66 Å². The van der Waals surface area contributed by atoms with Crippen molar-refractivity contribution in [2.24, 2.45) is 0 Å². The van der Waals surface area contributed by atoms with Crippen molar-refractivity contribution < 1.29 is 4.74 Å². The maximum atomic E-state index is 6.34. The van der Waals surface area contributed by atoms with Crippen LogP contribution in [-0.4, -0.2) is 10.8 Å². The van der Waals surface area contributed by atoms with Crippen LogP contribution < -0.4 is 4.74 Å². The van der Waals surface area contributed by atoms with Gasteiger partial charge in [0.25, 0.3) is 0 Å². The zero-order valence-electron chi connectivity index (χ0n) is 9.74. The summed E-state index contributed by atoms with van der Waals surface area (Å²) in [5.74, 6) is 0.901. The van der Waals surface area contributed by atoms with Gasteiger partial charge in [-0.1, -0.05) is 46.3 Å². The summed E-state index contributed by atoms with van der Waals surface area (Å²) in [6, 6.07) is 8.04. The van der Waals surface area contributed by atoms with Crippen LogP contribution >= 0.6 is 39.3 Å². The number of alkyl halides is 2. The zero-order valence-corrected chi connectivity index (χ0v) is 12.9. The lowest BCUT2D eigenvalue weighted by Gasteiger charge is -2.25. The third-order valence-corrected chi connectivity index (χ3v) is 5.22. The number of para-hydroxylation sites is 1. The fraction of sp³-hybridized carbons (Fsp3) is 0.385. The fourth-order valence-electron chi connectivity index (χ4n) is 1.79. The van der Waals surface area contributed by atoms with Crippen LogP contribution in [0.4, 0.5) is 0 Å². The number of benzene rings is 1. The Kier molecular flexibility index (Phi) is 3.81. The van der Waals surface area contributed by atoms with Crippen molar-refractivity contribution in [2.45, 2.75) is 21.7 Å². The van der Waals surface area contributed by atoms with Gasteiger partial charge in [-0.3, -0.25) is 0 Å². The van der Waals surface area contributed by atoms with Crippen LogP contribution in [0.25, 0.3) is 0 Å². The van der Waals surface area contributed by atoms with Gasteiger partial charge in [0, 0.05) is 5.56 Å². The van der Waals surface area contributed by atoms with Gasteiger partial charge < -0.3 is 4.74 Å². The largest absolute Gasteiger partial charge is 0.493 e. The van der Waals surface area contributed by atoms with Gasteiger partial charge in [0.1, 0.15) is 13.6 Å². The molecule has 0 amide bonds. The van der Waals surface area contributed by atoms with Crippen LogP contribution in [0.15, 0.2) is 36.4 Å². The van der Waals surface area contributed by atoms with E-state index in [9.17, 15) is 0 Å². The summed E-state index contributed by atoms with van der Waals surface area (Å²) in [6.07, 6.45) is 4.10. The molecule has 1 aromatic rings. The van der Waals surface area contributed by atoms with E-state index in [0.717, 1.165) is 11.3 Å². The Morgan fingerprint density at radius 2 is 2.06 bits per heavy atom. The summed E-state index contributed by atoms with van der Waals surface area (Å²) in [5.41, 5.74) is 1.10. The topological polar surface area (TPSA) is 9.23 Å². The molecule has 0 saturated heterocycles. The molecule has 1 aromatic carbocycles. The van der Waals surface area contributed by atoms with Gasteiger partial charge in [0.05, 0.1) is 6.61 Å². The molecule has 0 aliphatic carbocycles. The quantitative estimate of drug-likeness (QED) is 0.575. The summed E-state index contributed by atoms with van der Waals surface area (Å²) >= 11 is 11.8. The molecule has 1 aliphatic heterocycles. The molecule has 1 aliphatic rings.